The molecule has 0 atom stereocenters. The van der Waals surface area contributed by atoms with Gasteiger partial charge in [-0.2, -0.15) is 0 Å². The summed E-state index contributed by atoms with van der Waals surface area (Å²) in [6.45, 7) is 0. The van der Waals surface area contributed by atoms with E-state index in [1.165, 1.54) is 127 Å². The van der Waals surface area contributed by atoms with Crippen LogP contribution in [0.4, 0.5) is 17.1 Å². The molecule has 0 unspecified atom stereocenters. The Labute approximate surface area is 329 Å². The first-order valence-electron chi connectivity index (χ1n) is 20.4. The average Bonchev–Trinajstić information content (AvgIpc) is 3.84. The molecule has 56 heavy (non-hydrogen) atoms. The van der Waals surface area contributed by atoms with Gasteiger partial charge in [0.15, 0.2) is 0 Å². The summed E-state index contributed by atoms with van der Waals surface area (Å²) in [4.78, 5) is 2.56. The molecule has 0 bridgehead atoms. The van der Waals surface area contributed by atoms with Gasteiger partial charge in [0.05, 0.1) is 11.1 Å². The quantitative estimate of drug-likeness (QED) is 0.175. The number of hydrogen-bond acceptors (Lipinski definition) is 1. The minimum atomic E-state index is -0.411. The lowest BCUT2D eigenvalue weighted by Crippen LogP contribution is -2.28. The van der Waals surface area contributed by atoms with Crippen molar-refractivity contribution in [3.05, 3.63) is 221 Å². The Morgan fingerprint density at radius 3 is 1.34 bits per heavy atom. The highest BCUT2D eigenvalue weighted by atomic mass is 15.1. The Balaban J connectivity index is 1.13. The lowest BCUT2D eigenvalue weighted by Gasteiger charge is -2.37. The summed E-state index contributed by atoms with van der Waals surface area (Å²) in [6.07, 6.45) is 6.28. The van der Waals surface area contributed by atoms with E-state index in [9.17, 15) is 0 Å². The van der Waals surface area contributed by atoms with E-state index in [2.05, 4.69) is 193 Å². The molecule has 1 fully saturated rings. The third-order valence-corrected chi connectivity index (χ3v) is 13.7. The van der Waals surface area contributed by atoms with E-state index in [0.717, 1.165) is 0 Å². The first-order valence-corrected chi connectivity index (χ1v) is 20.4. The van der Waals surface area contributed by atoms with Crippen molar-refractivity contribution >= 4 is 17.1 Å². The van der Waals surface area contributed by atoms with Crippen LogP contribution < -0.4 is 4.90 Å². The highest BCUT2D eigenvalue weighted by Gasteiger charge is 2.52. The average molecular weight is 716 g/mol. The third-order valence-electron chi connectivity index (χ3n) is 13.7. The Morgan fingerprint density at radius 2 is 0.750 bits per heavy atom. The first kappa shape index (κ1) is 31.9. The fraction of sp³-hybridized carbons (Fsp3) is 0.127. The fourth-order valence-corrected chi connectivity index (χ4v) is 11.5. The highest BCUT2D eigenvalue weighted by Crippen LogP contribution is 2.64. The molecule has 0 radical (unpaired) electrons. The zero-order valence-electron chi connectivity index (χ0n) is 31.4. The Bertz CT molecular complexity index is 2790. The fourth-order valence-electron chi connectivity index (χ4n) is 11.5. The summed E-state index contributed by atoms with van der Waals surface area (Å²) in [5.74, 6) is 0. The predicted octanol–water partition coefficient (Wildman–Crippen LogP) is 14.4. The summed E-state index contributed by atoms with van der Waals surface area (Å²) in [5, 5.41) is 0. The van der Waals surface area contributed by atoms with E-state index in [1.54, 1.807) is 0 Å². The van der Waals surface area contributed by atoms with Crippen LogP contribution in [0.3, 0.4) is 0 Å². The zero-order chi connectivity index (χ0) is 36.8. The van der Waals surface area contributed by atoms with Crippen molar-refractivity contribution in [1.82, 2.24) is 0 Å². The van der Waals surface area contributed by atoms with Crippen molar-refractivity contribution in [1.29, 1.82) is 0 Å². The number of para-hydroxylation sites is 1. The van der Waals surface area contributed by atoms with Crippen LogP contribution in [0, 0.1) is 0 Å². The topological polar surface area (TPSA) is 3.24 Å². The predicted molar refractivity (Wildman–Crippen MR) is 232 cm³/mol. The minimum Gasteiger partial charge on any atom is -0.310 e. The van der Waals surface area contributed by atoms with Crippen LogP contribution in [0.15, 0.2) is 188 Å². The second-order valence-corrected chi connectivity index (χ2v) is 16.3. The van der Waals surface area contributed by atoms with Crippen LogP contribution in [0.25, 0.3) is 44.5 Å². The maximum absolute atomic E-state index is 2.57. The van der Waals surface area contributed by atoms with Crippen LogP contribution in [-0.2, 0) is 10.8 Å². The number of anilines is 3. The Hall–Kier alpha value is -6.44. The summed E-state index contributed by atoms with van der Waals surface area (Å²) < 4.78 is 0. The molecule has 1 saturated carbocycles. The van der Waals surface area contributed by atoms with Crippen LogP contribution in [0.5, 0.6) is 0 Å². The Morgan fingerprint density at radius 1 is 0.321 bits per heavy atom. The molecule has 0 N–H and O–H groups in total. The van der Waals surface area contributed by atoms with Crippen molar-refractivity contribution in [2.75, 3.05) is 4.90 Å². The van der Waals surface area contributed by atoms with Crippen molar-refractivity contribution < 1.29 is 0 Å². The van der Waals surface area contributed by atoms with E-state index < -0.39 is 5.41 Å². The minimum absolute atomic E-state index is 0.0612. The van der Waals surface area contributed by atoms with Gasteiger partial charge in [-0.1, -0.05) is 177 Å². The summed E-state index contributed by atoms with van der Waals surface area (Å²) >= 11 is 0. The maximum atomic E-state index is 2.57. The molecule has 8 aromatic rings. The smallest absolute Gasteiger partial charge is 0.0726 e. The lowest BCUT2D eigenvalue weighted by molar-refractivity contribution is 0.353. The van der Waals surface area contributed by atoms with Gasteiger partial charge in [-0.05, 0) is 115 Å². The van der Waals surface area contributed by atoms with Gasteiger partial charge in [0, 0.05) is 22.4 Å². The van der Waals surface area contributed by atoms with E-state index in [1.807, 2.05) is 0 Å². The molecule has 12 rings (SSSR count). The number of benzene rings is 8. The lowest BCUT2D eigenvalue weighted by atomic mass is 9.68. The summed E-state index contributed by atoms with van der Waals surface area (Å²) in [7, 11) is 0. The molecular formula is C55H41N. The van der Waals surface area contributed by atoms with Crippen molar-refractivity contribution in [2.45, 2.75) is 42.9 Å². The number of rotatable bonds is 4. The molecule has 4 aliphatic carbocycles. The van der Waals surface area contributed by atoms with E-state index in [4.69, 9.17) is 0 Å². The summed E-state index contributed by atoms with van der Waals surface area (Å²) in [6, 6.07) is 71.2. The van der Waals surface area contributed by atoms with Crippen molar-refractivity contribution in [3.8, 4) is 44.5 Å². The largest absolute Gasteiger partial charge is 0.310 e. The van der Waals surface area contributed by atoms with Gasteiger partial charge < -0.3 is 4.90 Å². The van der Waals surface area contributed by atoms with Crippen LogP contribution >= 0.6 is 0 Å². The molecular weight excluding hydrogens is 675 g/mol. The molecule has 266 valence electrons. The monoisotopic (exact) mass is 715 g/mol. The Kier molecular flexibility index (Phi) is 6.84. The molecule has 1 heteroatoms. The SMILES string of the molecule is c1ccc(-c2ccccc2N(c2ccc3c(c2)C2(CCCCC2)c2ccccc2-3)c2ccc3c(c2)C2(c4ccccc4-c4ccccc42)c2ccccc2-3)cc1. The van der Waals surface area contributed by atoms with Crippen LogP contribution in [0.1, 0.15) is 65.5 Å². The van der Waals surface area contributed by atoms with Crippen molar-refractivity contribution in [3.63, 3.8) is 0 Å². The normalized spacial score (nSPS) is 15.8. The molecule has 4 aliphatic rings. The van der Waals surface area contributed by atoms with E-state index in [-0.39, 0.29) is 5.41 Å². The number of nitrogens with zero attached hydrogens (tertiary/aromatic N) is 1. The maximum Gasteiger partial charge on any atom is 0.0726 e. The van der Waals surface area contributed by atoms with Crippen LogP contribution in [0.2, 0.25) is 0 Å². The molecule has 0 saturated heterocycles. The molecule has 0 amide bonds. The van der Waals surface area contributed by atoms with Gasteiger partial charge in [0.2, 0.25) is 0 Å². The standard InChI is InChI=1S/C55H41N/c1-3-17-37(18-4-1)40-19-9-14-28-53(40)56(38-29-31-45-41-20-5-10-24-47(41)54(51(45)35-38)33-15-2-16-34-54)39-30-32-46-44-23-8-13-27-50(44)55(52(46)36-39)48-25-11-6-21-42(48)43-22-7-12-26-49(43)55/h1,3-14,17-32,35-36H,2,15-16,33-34H2. The van der Waals surface area contributed by atoms with Gasteiger partial charge >= 0.3 is 0 Å². The van der Waals surface area contributed by atoms with Gasteiger partial charge in [-0.3, -0.25) is 0 Å². The van der Waals surface area contributed by atoms with Crippen molar-refractivity contribution in [2.24, 2.45) is 0 Å². The van der Waals surface area contributed by atoms with Gasteiger partial charge in [0.25, 0.3) is 0 Å². The second-order valence-electron chi connectivity index (χ2n) is 16.3. The van der Waals surface area contributed by atoms with Gasteiger partial charge in [-0.25, -0.2) is 0 Å². The molecule has 1 nitrogen and oxygen atoms in total. The van der Waals surface area contributed by atoms with Gasteiger partial charge in [0.1, 0.15) is 0 Å². The van der Waals surface area contributed by atoms with E-state index in [0.29, 0.717) is 0 Å². The van der Waals surface area contributed by atoms with Crippen LogP contribution in [-0.4, -0.2) is 0 Å². The molecule has 0 aliphatic heterocycles. The third kappa shape index (κ3) is 4.21. The first-order chi connectivity index (χ1) is 27.8. The number of hydrogen-bond donors (Lipinski definition) is 0. The van der Waals surface area contributed by atoms with E-state index >= 15 is 0 Å². The molecule has 0 heterocycles. The molecule has 8 aromatic carbocycles. The molecule has 0 aromatic heterocycles. The summed E-state index contributed by atoms with van der Waals surface area (Å²) in [5.41, 5.74) is 22.3. The second kappa shape index (κ2) is 12.0. The highest BCUT2D eigenvalue weighted by molar-refractivity contribution is 5.97. The van der Waals surface area contributed by atoms with Gasteiger partial charge in [-0.15, -0.1) is 0 Å². The number of fused-ring (bicyclic) bond motifs is 15. The molecule has 2 spiro atoms. The zero-order valence-corrected chi connectivity index (χ0v) is 31.4.